The van der Waals surface area contributed by atoms with Crippen molar-refractivity contribution >= 4 is 0 Å². The van der Waals surface area contributed by atoms with Crippen LogP contribution in [0.5, 0.6) is 0 Å². The van der Waals surface area contributed by atoms with E-state index in [1.165, 1.54) is 32.5 Å². The van der Waals surface area contributed by atoms with Gasteiger partial charge in [0.1, 0.15) is 0 Å². The molecule has 4 saturated heterocycles. The summed E-state index contributed by atoms with van der Waals surface area (Å²) in [5, 5.41) is 3.63. The standard InChI is InChI=1S/C18H33N3O/c1-12(2)20-10-15-6-16(17(11-20)22-15)18(3,4)21-9-13-5-14(21)8-19-7-13/h12-17,19H,5-11H2,1-4H3/t13?,14?,15-,16?,17-/m0/s1. The summed E-state index contributed by atoms with van der Waals surface area (Å²) in [5.74, 6) is 1.55. The first-order valence-corrected chi connectivity index (χ1v) is 9.32. The summed E-state index contributed by atoms with van der Waals surface area (Å²) in [6.45, 7) is 15.6. The molecule has 1 N–H and O–H groups in total. The highest BCUT2D eigenvalue weighted by atomic mass is 16.5. The molecule has 126 valence electrons. The smallest absolute Gasteiger partial charge is 0.0753 e. The zero-order chi connectivity index (χ0) is 15.5. The van der Waals surface area contributed by atoms with E-state index >= 15 is 0 Å². The maximum absolute atomic E-state index is 6.36. The van der Waals surface area contributed by atoms with Crippen LogP contribution in [0.1, 0.15) is 40.5 Å². The first kappa shape index (κ1) is 15.4. The molecular formula is C18H33N3O. The van der Waals surface area contributed by atoms with Crippen molar-refractivity contribution in [3.05, 3.63) is 0 Å². The van der Waals surface area contributed by atoms with Crippen LogP contribution < -0.4 is 5.32 Å². The molecule has 4 aliphatic rings. The number of nitrogens with zero attached hydrogens (tertiary/aromatic N) is 2. The van der Waals surface area contributed by atoms with Crippen molar-refractivity contribution in [3.63, 3.8) is 0 Å². The summed E-state index contributed by atoms with van der Waals surface area (Å²) in [6, 6.07) is 1.39. The van der Waals surface area contributed by atoms with Crippen molar-refractivity contribution in [2.45, 2.75) is 70.4 Å². The number of fused-ring (bicyclic) bond motifs is 4. The highest BCUT2D eigenvalue weighted by Gasteiger charge is 2.53. The third-order valence-corrected chi connectivity index (χ3v) is 6.88. The van der Waals surface area contributed by atoms with Crippen LogP contribution in [0.2, 0.25) is 0 Å². The number of hydrogen-bond donors (Lipinski definition) is 1. The Balaban J connectivity index is 1.51. The fourth-order valence-corrected chi connectivity index (χ4v) is 5.58. The van der Waals surface area contributed by atoms with E-state index in [9.17, 15) is 0 Å². The van der Waals surface area contributed by atoms with E-state index in [-0.39, 0.29) is 5.54 Å². The topological polar surface area (TPSA) is 27.7 Å². The number of piperidine rings is 1. The van der Waals surface area contributed by atoms with E-state index in [1.54, 1.807) is 0 Å². The van der Waals surface area contributed by atoms with Crippen molar-refractivity contribution in [1.82, 2.24) is 15.1 Å². The third-order valence-electron chi connectivity index (χ3n) is 6.88. The third kappa shape index (κ3) is 2.43. The van der Waals surface area contributed by atoms with E-state index in [0.717, 1.165) is 25.0 Å². The second-order valence-electron chi connectivity index (χ2n) is 8.91. The van der Waals surface area contributed by atoms with Crippen LogP contribution in [-0.4, -0.2) is 72.4 Å². The Kier molecular flexibility index (Phi) is 3.80. The lowest BCUT2D eigenvalue weighted by molar-refractivity contribution is -0.0719. The van der Waals surface area contributed by atoms with Crippen LogP contribution in [0.25, 0.3) is 0 Å². The first-order valence-electron chi connectivity index (χ1n) is 9.32. The predicted octanol–water partition coefficient (Wildman–Crippen LogP) is 1.56. The molecule has 0 saturated carbocycles. The fourth-order valence-electron chi connectivity index (χ4n) is 5.58. The first-order chi connectivity index (χ1) is 10.4. The second-order valence-corrected chi connectivity index (χ2v) is 8.91. The van der Waals surface area contributed by atoms with Crippen LogP contribution in [-0.2, 0) is 4.74 Å². The molecule has 4 bridgehead atoms. The summed E-state index contributed by atoms with van der Waals surface area (Å²) in [6.07, 6.45) is 3.55. The van der Waals surface area contributed by atoms with Crippen LogP contribution in [0.3, 0.4) is 0 Å². The van der Waals surface area contributed by atoms with Crippen LogP contribution in [0.4, 0.5) is 0 Å². The summed E-state index contributed by atoms with van der Waals surface area (Å²) in [4.78, 5) is 5.45. The summed E-state index contributed by atoms with van der Waals surface area (Å²) in [5.41, 5.74) is 0.262. The second kappa shape index (κ2) is 5.44. The Morgan fingerprint density at radius 3 is 2.64 bits per heavy atom. The maximum atomic E-state index is 6.36. The molecule has 0 amide bonds. The zero-order valence-corrected chi connectivity index (χ0v) is 14.7. The fraction of sp³-hybridized carbons (Fsp3) is 1.00. The number of morpholine rings is 1. The van der Waals surface area contributed by atoms with Gasteiger partial charge < -0.3 is 10.1 Å². The molecular weight excluding hydrogens is 274 g/mol. The molecule has 4 nitrogen and oxygen atoms in total. The van der Waals surface area contributed by atoms with Gasteiger partial charge in [0.15, 0.2) is 0 Å². The Morgan fingerprint density at radius 2 is 1.91 bits per heavy atom. The van der Waals surface area contributed by atoms with Crippen molar-refractivity contribution in [3.8, 4) is 0 Å². The molecule has 4 heteroatoms. The van der Waals surface area contributed by atoms with Gasteiger partial charge in [0.25, 0.3) is 0 Å². The van der Waals surface area contributed by atoms with E-state index in [2.05, 4.69) is 42.8 Å². The van der Waals surface area contributed by atoms with E-state index in [1.807, 2.05) is 0 Å². The SMILES string of the molecule is CC(C)N1C[C@@H]2CC(C(C)(C)N3CC4CNCC3C4)[C@H](C1)O2. The van der Waals surface area contributed by atoms with Crippen LogP contribution in [0.15, 0.2) is 0 Å². The average Bonchev–Trinajstić information content (AvgIpc) is 2.95. The minimum absolute atomic E-state index is 0.262. The largest absolute Gasteiger partial charge is 0.372 e. The normalized spacial score (nSPS) is 43.2. The van der Waals surface area contributed by atoms with Crippen molar-refractivity contribution < 1.29 is 4.74 Å². The molecule has 0 aromatic heterocycles. The summed E-state index contributed by atoms with van der Waals surface area (Å²) < 4.78 is 6.36. The lowest BCUT2D eigenvalue weighted by atomic mass is 9.80. The number of nitrogens with one attached hydrogen (secondary N) is 1. The molecule has 0 radical (unpaired) electrons. The molecule has 4 fully saturated rings. The molecule has 0 aromatic carbocycles. The number of rotatable bonds is 3. The monoisotopic (exact) mass is 307 g/mol. The number of likely N-dealkylation sites (tertiary alicyclic amines) is 2. The Labute approximate surface area is 135 Å². The lowest BCUT2D eigenvalue weighted by Gasteiger charge is -2.46. The molecule has 0 spiro atoms. The Bertz CT molecular complexity index is 425. The molecule has 4 heterocycles. The molecule has 4 aliphatic heterocycles. The highest BCUT2D eigenvalue weighted by Crippen LogP contribution is 2.44. The molecule has 0 aromatic rings. The van der Waals surface area contributed by atoms with E-state index in [0.29, 0.717) is 24.2 Å². The zero-order valence-electron chi connectivity index (χ0n) is 14.7. The van der Waals surface area contributed by atoms with Crippen molar-refractivity contribution in [2.75, 3.05) is 32.7 Å². The van der Waals surface area contributed by atoms with Gasteiger partial charge in [0.2, 0.25) is 0 Å². The predicted molar refractivity (Wildman–Crippen MR) is 89.0 cm³/mol. The van der Waals surface area contributed by atoms with Gasteiger partial charge in [-0.25, -0.2) is 0 Å². The van der Waals surface area contributed by atoms with Crippen LogP contribution >= 0.6 is 0 Å². The molecule has 4 rings (SSSR count). The van der Waals surface area contributed by atoms with Gasteiger partial charge in [-0.15, -0.1) is 0 Å². The molecule has 5 atom stereocenters. The van der Waals surface area contributed by atoms with Crippen molar-refractivity contribution in [2.24, 2.45) is 11.8 Å². The van der Waals surface area contributed by atoms with Crippen molar-refractivity contribution in [1.29, 1.82) is 0 Å². The maximum Gasteiger partial charge on any atom is 0.0753 e. The minimum Gasteiger partial charge on any atom is -0.372 e. The van der Waals surface area contributed by atoms with E-state index < -0.39 is 0 Å². The highest BCUT2D eigenvalue weighted by molar-refractivity contribution is 5.06. The minimum atomic E-state index is 0.262. The number of hydrogen-bond acceptors (Lipinski definition) is 4. The van der Waals surface area contributed by atoms with Gasteiger partial charge >= 0.3 is 0 Å². The summed E-state index contributed by atoms with van der Waals surface area (Å²) in [7, 11) is 0. The molecule has 3 unspecified atom stereocenters. The van der Waals surface area contributed by atoms with E-state index in [4.69, 9.17) is 4.74 Å². The van der Waals surface area contributed by atoms with Gasteiger partial charge in [-0.05, 0) is 53.0 Å². The Hall–Kier alpha value is -0.160. The van der Waals surface area contributed by atoms with Crippen LogP contribution in [0, 0.1) is 11.8 Å². The Morgan fingerprint density at radius 1 is 1.09 bits per heavy atom. The lowest BCUT2D eigenvalue weighted by Crippen LogP contribution is -2.56. The number of ether oxygens (including phenoxy) is 1. The van der Waals surface area contributed by atoms with Gasteiger partial charge in [0, 0.05) is 49.7 Å². The molecule has 0 aliphatic carbocycles. The summed E-state index contributed by atoms with van der Waals surface area (Å²) >= 11 is 0. The quantitative estimate of drug-likeness (QED) is 0.856. The molecule has 22 heavy (non-hydrogen) atoms. The average molecular weight is 307 g/mol. The van der Waals surface area contributed by atoms with Gasteiger partial charge in [-0.1, -0.05) is 0 Å². The van der Waals surface area contributed by atoms with Gasteiger partial charge in [0.05, 0.1) is 12.2 Å². The van der Waals surface area contributed by atoms with Gasteiger partial charge in [-0.3, -0.25) is 9.80 Å². The van der Waals surface area contributed by atoms with Gasteiger partial charge in [-0.2, -0.15) is 0 Å².